The van der Waals surface area contributed by atoms with Crippen LogP contribution in [0, 0.1) is 56.2 Å². The van der Waals surface area contributed by atoms with Gasteiger partial charge in [0.25, 0.3) is 0 Å². The summed E-state index contributed by atoms with van der Waals surface area (Å²) in [6, 6.07) is 0. The van der Waals surface area contributed by atoms with Gasteiger partial charge in [-0.3, -0.25) is 9.59 Å². The zero-order valence-electron chi connectivity index (χ0n) is 24.2. The molecule has 1 saturated heterocycles. The molecule has 0 spiro atoms. The van der Waals surface area contributed by atoms with Crippen molar-refractivity contribution in [2.75, 3.05) is 0 Å². The quantitative estimate of drug-likeness (QED) is 0.355. The van der Waals surface area contributed by atoms with Crippen molar-refractivity contribution in [3.05, 3.63) is 0 Å². The Morgan fingerprint density at radius 1 is 0.806 bits per heavy atom. The van der Waals surface area contributed by atoms with Crippen molar-refractivity contribution in [2.45, 2.75) is 132 Å². The van der Waals surface area contributed by atoms with Crippen LogP contribution < -0.4 is 0 Å². The molecule has 5 saturated carbocycles. The van der Waals surface area contributed by atoms with Crippen LogP contribution in [0.15, 0.2) is 0 Å². The van der Waals surface area contributed by atoms with Crippen LogP contribution in [0.2, 0.25) is 0 Å². The Balaban J connectivity index is 1.36. The summed E-state index contributed by atoms with van der Waals surface area (Å²) in [5.74, 6) is 2.23. The maximum Gasteiger partial charge on any atom is 0.312 e. The Morgan fingerprint density at radius 2 is 1.50 bits per heavy atom. The molecule has 10 atom stereocenters. The fourth-order valence-corrected chi connectivity index (χ4v) is 12.2. The molecule has 0 unspecified atom stereocenters. The molecule has 0 aromatic rings. The van der Waals surface area contributed by atoms with Crippen molar-refractivity contribution in [3.8, 4) is 0 Å². The molecule has 0 radical (unpaired) electrons. The summed E-state index contributed by atoms with van der Waals surface area (Å²) in [6.07, 6.45) is 11.6. The van der Waals surface area contributed by atoms with E-state index in [1.807, 2.05) is 0 Å². The zero-order chi connectivity index (χ0) is 26.1. The molecule has 4 nitrogen and oxygen atoms in total. The number of ether oxygens (including phenoxy) is 2. The molecule has 1 heterocycles. The highest BCUT2D eigenvalue weighted by atomic mass is 16.6. The summed E-state index contributed by atoms with van der Waals surface area (Å²) >= 11 is 0. The van der Waals surface area contributed by atoms with Gasteiger partial charge >= 0.3 is 11.9 Å². The average Bonchev–Trinajstić information content (AvgIpc) is 3.03. The van der Waals surface area contributed by atoms with Crippen molar-refractivity contribution in [3.63, 3.8) is 0 Å². The Bertz CT molecular complexity index is 983. The summed E-state index contributed by atoms with van der Waals surface area (Å²) in [4.78, 5) is 25.3. The van der Waals surface area contributed by atoms with Gasteiger partial charge in [-0.15, -0.1) is 0 Å². The topological polar surface area (TPSA) is 52.6 Å². The maximum absolute atomic E-state index is 13.4. The van der Waals surface area contributed by atoms with Crippen LogP contribution in [0.5, 0.6) is 0 Å². The van der Waals surface area contributed by atoms with E-state index in [-0.39, 0.29) is 56.6 Å². The smallest absolute Gasteiger partial charge is 0.312 e. The van der Waals surface area contributed by atoms with E-state index in [1.54, 1.807) is 6.92 Å². The zero-order valence-corrected chi connectivity index (χ0v) is 24.2. The van der Waals surface area contributed by atoms with Gasteiger partial charge in [0.2, 0.25) is 0 Å². The minimum atomic E-state index is -0.210. The van der Waals surface area contributed by atoms with Gasteiger partial charge in [-0.05, 0) is 98.2 Å². The van der Waals surface area contributed by atoms with E-state index in [1.165, 1.54) is 32.1 Å². The first kappa shape index (κ1) is 25.2. The van der Waals surface area contributed by atoms with Crippen LogP contribution in [0.1, 0.15) is 120 Å². The Morgan fingerprint density at radius 3 is 2.19 bits per heavy atom. The lowest BCUT2D eigenvalue weighted by Crippen LogP contribution is -2.68. The predicted molar refractivity (Wildman–Crippen MR) is 140 cm³/mol. The highest BCUT2D eigenvalue weighted by Crippen LogP contribution is 2.78. The van der Waals surface area contributed by atoms with E-state index >= 15 is 0 Å². The highest BCUT2D eigenvalue weighted by molar-refractivity contribution is 5.81. The Hall–Kier alpha value is -1.06. The first-order valence-corrected chi connectivity index (χ1v) is 15.0. The Labute approximate surface area is 219 Å². The second-order valence-electron chi connectivity index (χ2n) is 16.1. The van der Waals surface area contributed by atoms with Crippen LogP contribution in [0.25, 0.3) is 0 Å². The van der Waals surface area contributed by atoms with Gasteiger partial charge in [0.05, 0.1) is 5.41 Å². The van der Waals surface area contributed by atoms with E-state index in [0.29, 0.717) is 23.7 Å². The number of esters is 2. The first-order chi connectivity index (χ1) is 16.6. The number of hydrogen-bond acceptors (Lipinski definition) is 4. The molecule has 1 aliphatic heterocycles. The molecule has 2 bridgehead atoms. The standard InChI is InChI=1S/C32H50O4/c1-19(33)35-23-12-13-29(6)21(28(23,4)5)11-14-31(8)22(29)10-9-20-24-25-27(2,3)15-17-32(24,26(34)36-25)18-16-30(20,31)7/h20-25H,9-18H2,1-8H3/t20-,21-,22-,23-,24+,25-,29+,30-,31-,32+/m1/s1. The van der Waals surface area contributed by atoms with Crippen molar-refractivity contribution in [1.29, 1.82) is 0 Å². The normalized spacial score (nSPS) is 54.3. The van der Waals surface area contributed by atoms with Crippen LogP contribution in [0.4, 0.5) is 0 Å². The highest BCUT2D eigenvalue weighted by Gasteiger charge is 2.75. The van der Waals surface area contributed by atoms with Gasteiger partial charge in [0.1, 0.15) is 12.2 Å². The third kappa shape index (κ3) is 2.83. The Kier molecular flexibility index (Phi) is 5.13. The third-order valence-corrected chi connectivity index (χ3v) is 14.3. The lowest BCUT2D eigenvalue weighted by Gasteiger charge is -2.73. The molecule has 5 aliphatic carbocycles. The average molecular weight is 499 g/mol. The van der Waals surface area contributed by atoms with E-state index in [0.717, 1.165) is 32.1 Å². The summed E-state index contributed by atoms with van der Waals surface area (Å²) in [5.41, 5.74) is 0.665. The number of rotatable bonds is 1. The maximum atomic E-state index is 13.4. The summed E-state index contributed by atoms with van der Waals surface area (Å²) in [7, 11) is 0. The number of hydrogen-bond donors (Lipinski definition) is 0. The van der Waals surface area contributed by atoms with E-state index in [4.69, 9.17) is 9.47 Å². The lowest BCUT2D eigenvalue weighted by molar-refractivity contribution is -0.254. The molecule has 6 fully saturated rings. The first-order valence-electron chi connectivity index (χ1n) is 15.0. The summed E-state index contributed by atoms with van der Waals surface area (Å²) in [5, 5.41) is 0. The second kappa shape index (κ2) is 7.32. The van der Waals surface area contributed by atoms with E-state index in [2.05, 4.69) is 48.5 Å². The minimum absolute atomic E-state index is 0.00113. The van der Waals surface area contributed by atoms with Crippen LogP contribution in [-0.2, 0) is 19.1 Å². The van der Waals surface area contributed by atoms with Crippen molar-refractivity contribution in [2.24, 2.45) is 56.2 Å². The fourth-order valence-electron chi connectivity index (χ4n) is 12.2. The molecule has 202 valence electrons. The monoisotopic (exact) mass is 498 g/mol. The van der Waals surface area contributed by atoms with E-state index < -0.39 is 0 Å². The number of carbonyl (C=O) groups is 2. The molecular formula is C32H50O4. The minimum Gasteiger partial charge on any atom is -0.462 e. The molecule has 0 N–H and O–H groups in total. The lowest BCUT2D eigenvalue weighted by atomic mass is 9.31. The van der Waals surface area contributed by atoms with Crippen LogP contribution in [-0.4, -0.2) is 24.1 Å². The molecule has 4 heteroatoms. The van der Waals surface area contributed by atoms with Crippen molar-refractivity contribution >= 4 is 11.9 Å². The summed E-state index contributed by atoms with van der Waals surface area (Å²) in [6.45, 7) is 18.9. The number of fused-ring (bicyclic) bond motifs is 5. The SMILES string of the molecule is CC(=O)O[C@@H]1CC[C@@]2(C)[C@H](CC[C@]3(C)[C@@H]2CC[C@@H]2[C@H]4[C@H]5OC(=O)[C@@]4(CCC5(C)C)CC[C@]23C)C1(C)C. The third-order valence-electron chi connectivity index (χ3n) is 14.3. The second-order valence-corrected chi connectivity index (χ2v) is 16.1. The fraction of sp³-hybridized carbons (Fsp3) is 0.938. The molecule has 0 aromatic heterocycles. The summed E-state index contributed by atoms with van der Waals surface area (Å²) < 4.78 is 12.2. The van der Waals surface area contributed by atoms with Gasteiger partial charge < -0.3 is 9.47 Å². The molecule has 6 aliphatic rings. The van der Waals surface area contributed by atoms with Gasteiger partial charge in [0.15, 0.2) is 0 Å². The van der Waals surface area contributed by atoms with Gasteiger partial charge in [-0.2, -0.15) is 0 Å². The van der Waals surface area contributed by atoms with Gasteiger partial charge in [0, 0.05) is 23.7 Å². The molecule has 0 aromatic carbocycles. The number of carbonyl (C=O) groups excluding carboxylic acids is 2. The largest absolute Gasteiger partial charge is 0.462 e. The predicted octanol–water partition coefficient (Wildman–Crippen LogP) is 7.34. The van der Waals surface area contributed by atoms with E-state index in [9.17, 15) is 9.59 Å². The molecule has 6 rings (SSSR count). The van der Waals surface area contributed by atoms with Crippen LogP contribution >= 0.6 is 0 Å². The van der Waals surface area contributed by atoms with Crippen molar-refractivity contribution < 1.29 is 19.1 Å². The molecular weight excluding hydrogens is 448 g/mol. The van der Waals surface area contributed by atoms with Crippen LogP contribution in [0.3, 0.4) is 0 Å². The van der Waals surface area contributed by atoms with Crippen molar-refractivity contribution in [1.82, 2.24) is 0 Å². The molecule has 36 heavy (non-hydrogen) atoms. The van der Waals surface area contributed by atoms with Gasteiger partial charge in [-0.1, -0.05) is 48.5 Å². The van der Waals surface area contributed by atoms with Gasteiger partial charge in [-0.25, -0.2) is 0 Å². The molecule has 0 amide bonds.